The zero-order chi connectivity index (χ0) is 10.3. The molecule has 2 rings (SSSR count). The fourth-order valence-electron chi connectivity index (χ4n) is 1.14. The van der Waals surface area contributed by atoms with E-state index < -0.39 is 17.6 Å². The Morgan fingerprint density at radius 1 is 1.21 bits per heavy atom. The third kappa shape index (κ3) is 1.48. The van der Waals surface area contributed by atoms with E-state index in [2.05, 4.69) is 6.07 Å². The molecule has 5 heteroatoms. The van der Waals surface area contributed by atoms with Gasteiger partial charge in [0.2, 0.25) is 0 Å². The van der Waals surface area contributed by atoms with E-state index >= 15 is 0 Å². The Kier molecular flexibility index (Phi) is 1.99. The third-order valence-corrected chi connectivity index (χ3v) is 2.65. The minimum absolute atomic E-state index is 0.169. The van der Waals surface area contributed by atoms with Gasteiger partial charge >= 0.3 is 6.18 Å². The van der Waals surface area contributed by atoms with Crippen LogP contribution in [0, 0.1) is 11.9 Å². The van der Waals surface area contributed by atoms with Crippen molar-refractivity contribution in [3.8, 4) is 0 Å². The van der Waals surface area contributed by atoms with Gasteiger partial charge in [0.25, 0.3) is 0 Å². The van der Waals surface area contributed by atoms with Crippen LogP contribution in [-0.4, -0.2) is 0 Å². The highest BCUT2D eigenvalue weighted by molar-refractivity contribution is 7.17. The zero-order valence-corrected chi connectivity index (χ0v) is 7.47. The van der Waals surface area contributed by atoms with E-state index in [-0.39, 0.29) is 10.1 Å². The number of benzene rings is 1. The van der Waals surface area contributed by atoms with Gasteiger partial charge in [-0.15, -0.1) is 11.3 Å². The van der Waals surface area contributed by atoms with Gasteiger partial charge in [0.05, 0.1) is 10.3 Å². The normalized spacial score (nSPS) is 12.3. The zero-order valence-electron chi connectivity index (χ0n) is 6.65. The summed E-state index contributed by atoms with van der Waals surface area (Å²) in [6.07, 6.45) is -4.51. The Balaban J connectivity index is 2.70. The highest BCUT2D eigenvalue weighted by Crippen LogP contribution is 2.34. The third-order valence-electron chi connectivity index (χ3n) is 1.76. The molecule has 0 spiro atoms. The molecule has 0 saturated heterocycles. The summed E-state index contributed by atoms with van der Waals surface area (Å²) in [6.45, 7) is 0. The highest BCUT2D eigenvalue weighted by Gasteiger charge is 2.31. The first-order chi connectivity index (χ1) is 6.48. The van der Waals surface area contributed by atoms with Gasteiger partial charge in [-0.1, -0.05) is 0 Å². The van der Waals surface area contributed by atoms with Crippen molar-refractivity contribution < 1.29 is 17.6 Å². The van der Waals surface area contributed by atoms with Gasteiger partial charge in [0, 0.05) is 11.5 Å². The molecule has 0 unspecified atom stereocenters. The summed E-state index contributed by atoms with van der Waals surface area (Å²) in [4.78, 5) is 0. The van der Waals surface area contributed by atoms with E-state index in [0.717, 1.165) is 17.4 Å². The Hall–Kier alpha value is -1.10. The number of hydrogen-bond acceptors (Lipinski definition) is 1. The Morgan fingerprint density at radius 3 is 2.57 bits per heavy atom. The number of hydrogen-bond donors (Lipinski definition) is 0. The maximum atomic E-state index is 13.1. The fourth-order valence-corrected chi connectivity index (χ4v) is 1.86. The van der Waals surface area contributed by atoms with E-state index in [4.69, 9.17) is 0 Å². The minimum atomic E-state index is -4.51. The molecule has 2 aromatic rings. The van der Waals surface area contributed by atoms with E-state index in [0.29, 0.717) is 6.07 Å². The topological polar surface area (TPSA) is 0 Å². The molecule has 0 amide bonds. The lowest BCUT2D eigenvalue weighted by atomic mass is 10.1. The van der Waals surface area contributed by atoms with Gasteiger partial charge in [-0.05, 0) is 17.5 Å². The predicted molar refractivity (Wildman–Crippen MR) is 45.6 cm³/mol. The molecule has 0 nitrogen and oxygen atoms in total. The van der Waals surface area contributed by atoms with Crippen molar-refractivity contribution in [2.75, 3.05) is 0 Å². The summed E-state index contributed by atoms with van der Waals surface area (Å²) in [6, 6.07) is 3.96. The van der Waals surface area contributed by atoms with E-state index in [9.17, 15) is 17.6 Å². The van der Waals surface area contributed by atoms with Crippen molar-refractivity contribution in [1.29, 1.82) is 0 Å². The lowest BCUT2D eigenvalue weighted by Gasteiger charge is -2.06. The molecular weight excluding hydrogens is 216 g/mol. The first kappa shape index (κ1) is 9.45. The van der Waals surface area contributed by atoms with Crippen molar-refractivity contribution >= 4 is 21.4 Å². The molecule has 0 bridgehead atoms. The van der Waals surface area contributed by atoms with Crippen LogP contribution >= 0.6 is 11.3 Å². The largest absolute Gasteiger partial charge is 0.416 e. The maximum absolute atomic E-state index is 13.1. The van der Waals surface area contributed by atoms with Crippen molar-refractivity contribution in [2.45, 2.75) is 6.18 Å². The molecule has 1 radical (unpaired) electrons. The van der Waals surface area contributed by atoms with Gasteiger partial charge in [-0.25, -0.2) is 4.39 Å². The smallest absolute Gasteiger partial charge is 0.205 e. The first-order valence-corrected chi connectivity index (χ1v) is 4.52. The fraction of sp³-hybridized carbons (Fsp3) is 0.111. The second-order valence-corrected chi connectivity index (χ2v) is 3.59. The predicted octanol–water partition coefficient (Wildman–Crippen LogP) is 3.86. The van der Waals surface area contributed by atoms with Crippen LogP contribution in [0.5, 0.6) is 0 Å². The summed E-state index contributed by atoms with van der Waals surface area (Å²) in [5.41, 5.74) is -0.975. The average Bonchev–Trinajstić information content (AvgIpc) is 2.50. The quantitative estimate of drug-likeness (QED) is 0.590. The lowest BCUT2D eigenvalue weighted by Crippen LogP contribution is -2.04. The summed E-state index contributed by atoms with van der Waals surface area (Å²) in [7, 11) is 0. The molecule has 1 aromatic heterocycles. The molecule has 1 aromatic carbocycles. The van der Waals surface area contributed by atoms with Crippen LogP contribution in [0.4, 0.5) is 17.6 Å². The summed E-state index contributed by atoms with van der Waals surface area (Å²) >= 11 is 1.04. The van der Waals surface area contributed by atoms with Crippen LogP contribution in [-0.2, 0) is 6.18 Å². The van der Waals surface area contributed by atoms with Crippen molar-refractivity contribution in [3.63, 3.8) is 0 Å². The number of alkyl halides is 3. The lowest BCUT2D eigenvalue weighted by molar-refractivity contribution is -0.137. The molecule has 0 aliphatic carbocycles. The summed E-state index contributed by atoms with van der Waals surface area (Å²) < 4.78 is 50.0. The molecule has 14 heavy (non-hydrogen) atoms. The van der Waals surface area contributed by atoms with Crippen molar-refractivity contribution in [3.05, 3.63) is 35.0 Å². The number of rotatable bonds is 0. The number of fused-ring (bicyclic) bond motifs is 1. The molecule has 0 atom stereocenters. The molecule has 73 valence electrons. The van der Waals surface area contributed by atoms with Gasteiger partial charge in [0.1, 0.15) is 5.82 Å². The van der Waals surface area contributed by atoms with E-state index in [1.54, 1.807) is 0 Å². The van der Waals surface area contributed by atoms with Gasteiger partial charge in [0.15, 0.2) is 0 Å². The SMILES string of the molecule is Fc1cc(C(F)(F)F)cc2[c]csc12. The Labute approximate surface area is 80.8 Å². The number of halogens is 4. The van der Waals surface area contributed by atoms with Crippen LogP contribution in [0.2, 0.25) is 0 Å². The monoisotopic (exact) mass is 219 g/mol. The minimum Gasteiger partial charge on any atom is -0.205 e. The number of thiophene rings is 1. The van der Waals surface area contributed by atoms with Crippen LogP contribution in [0.1, 0.15) is 5.56 Å². The van der Waals surface area contributed by atoms with Crippen molar-refractivity contribution in [1.82, 2.24) is 0 Å². The molecule has 0 aliphatic heterocycles. The Morgan fingerprint density at radius 2 is 1.93 bits per heavy atom. The molecule has 0 N–H and O–H groups in total. The second-order valence-electron chi connectivity index (χ2n) is 2.71. The maximum Gasteiger partial charge on any atom is 0.416 e. The summed E-state index contributed by atoms with van der Waals surface area (Å²) in [5.74, 6) is -0.846. The molecule has 0 saturated carbocycles. The molecule has 0 aliphatic rings. The van der Waals surface area contributed by atoms with Gasteiger partial charge in [-0.3, -0.25) is 0 Å². The van der Waals surface area contributed by atoms with E-state index in [1.807, 2.05) is 0 Å². The van der Waals surface area contributed by atoms with Crippen LogP contribution in [0.3, 0.4) is 0 Å². The average molecular weight is 219 g/mol. The van der Waals surface area contributed by atoms with E-state index in [1.165, 1.54) is 5.38 Å². The molecule has 1 heterocycles. The van der Waals surface area contributed by atoms with Crippen LogP contribution < -0.4 is 0 Å². The molecule has 0 fully saturated rings. The summed E-state index contributed by atoms with van der Waals surface area (Å²) in [5, 5.41) is 1.61. The Bertz CT molecular complexity index is 469. The van der Waals surface area contributed by atoms with Gasteiger partial charge < -0.3 is 0 Å². The van der Waals surface area contributed by atoms with Crippen molar-refractivity contribution in [2.24, 2.45) is 0 Å². The van der Waals surface area contributed by atoms with Crippen LogP contribution in [0.15, 0.2) is 17.5 Å². The standard InChI is InChI=1S/C9H3F4S/c10-7-4-6(9(11,12)13)3-5-1-2-14-8(5)7/h2-4H. The first-order valence-electron chi connectivity index (χ1n) is 3.64. The van der Waals surface area contributed by atoms with Crippen LogP contribution in [0.25, 0.3) is 10.1 Å². The molecular formula is C9H3F4S. The van der Waals surface area contributed by atoms with Gasteiger partial charge in [-0.2, -0.15) is 13.2 Å². The second kappa shape index (κ2) is 2.95. The highest BCUT2D eigenvalue weighted by atomic mass is 32.1.